The molecule has 2 heterocycles. The van der Waals surface area contributed by atoms with E-state index >= 15 is 0 Å². The van der Waals surface area contributed by atoms with Gasteiger partial charge < -0.3 is 0 Å². The molecule has 1 aromatic carbocycles. The Bertz CT molecular complexity index is 754. The van der Waals surface area contributed by atoms with Crippen LogP contribution < -0.4 is 9.13 Å². The van der Waals surface area contributed by atoms with Crippen LogP contribution in [0, 0.1) is 0 Å². The fraction of sp³-hybridized carbons (Fsp3) is 0.100. The van der Waals surface area contributed by atoms with Crippen molar-refractivity contribution in [3.8, 4) is 16.8 Å². The molecule has 2 heteroatoms. The number of rotatable bonds is 4. The minimum absolute atomic E-state index is 0.996. The molecule has 0 N–H and O–H groups in total. The molecule has 0 atom stereocenters. The number of aryl methyl sites for hydroxylation is 1. The van der Waals surface area contributed by atoms with Crippen molar-refractivity contribution < 1.29 is 9.13 Å². The lowest BCUT2D eigenvalue weighted by molar-refractivity contribution is -0.693. The molecule has 22 heavy (non-hydrogen) atoms. The number of nitrogens with zero attached hydrogens (tertiary/aromatic N) is 2. The van der Waals surface area contributed by atoms with Gasteiger partial charge in [-0.05, 0) is 35.7 Å². The van der Waals surface area contributed by atoms with Gasteiger partial charge in [0.25, 0.3) is 0 Å². The topological polar surface area (TPSA) is 7.76 Å². The number of aromatic nitrogens is 2. The first-order valence-electron chi connectivity index (χ1n) is 7.54. The summed E-state index contributed by atoms with van der Waals surface area (Å²) < 4.78 is 4.28. The molecule has 0 aliphatic carbocycles. The molecule has 0 amide bonds. The molecule has 0 spiro atoms. The Kier molecular flexibility index (Phi) is 4.10. The molecule has 3 rings (SSSR count). The Morgan fingerprint density at radius 2 is 1.36 bits per heavy atom. The highest BCUT2D eigenvalue weighted by atomic mass is 14.9. The van der Waals surface area contributed by atoms with Crippen molar-refractivity contribution in [3.05, 3.63) is 85.5 Å². The van der Waals surface area contributed by atoms with E-state index in [0.717, 1.165) is 17.8 Å². The Labute approximate surface area is 131 Å². The van der Waals surface area contributed by atoms with Crippen LogP contribution in [0.1, 0.15) is 12.5 Å². The summed E-state index contributed by atoms with van der Waals surface area (Å²) in [5.41, 5.74) is 4.74. The molecular formula is C20H20N2+2. The number of pyridine rings is 2. The van der Waals surface area contributed by atoms with E-state index in [1.54, 1.807) is 0 Å². The fourth-order valence-corrected chi connectivity index (χ4v) is 2.43. The number of benzene rings is 1. The van der Waals surface area contributed by atoms with E-state index in [0.29, 0.717) is 0 Å². The highest BCUT2D eigenvalue weighted by molar-refractivity contribution is 5.61. The number of hydrogen-bond acceptors (Lipinski definition) is 0. The second-order valence-electron chi connectivity index (χ2n) is 5.21. The van der Waals surface area contributed by atoms with Gasteiger partial charge in [0.15, 0.2) is 24.8 Å². The molecule has 0 bridgehead atoms. The molecule has 2 nitrogen and oxygen atoms in total. The maximum atomic E-state index is 3.78. The molecule has 0 fully saturated rings. The largest absolute Gasteiger partial charge is 0.210 e. The highest BCUT2D eigenvalue weighted by Gasteiger charge is 2.07. The SMILES string of the molecule is C=Cc1ccc(-[n+]2ccc(-c3cc[n+](CC)cc3)cc2)cc1. The van der Waals surface area contributed by atoms with Crippen molar-refractivity contribution in [1.29, 1.82) is 0 Å². The van der Waals surface area contributed by atoms with Gasteiger partial charge in [0.2, 0.25) is 5.69 Å². The van der Waals surface area contributed by atoms with Crippen LogP contribution in [0.25, 0.3) is 22.9 Å². The van der Waals surface area contributed by atoms with Gasteiger partial charge in [-0.1, -0.05) is 12.7 Å². The van der Waals surface area contributed by atoms with Crippen molar-refractivity contribution in [2.75, 3.05) is 0 Å². The first-order chi connectivity index (χ1) is 10.8. The van der Waals surface area contributed by atoms with Crippen LogP contribution in [0.3, 0.4) is 0 Å². The van der Waals surface area contributed by atoms with Crippen molar-refractivity contribution in [1.82, 2.24) is 0 Å². The summed E-state index contributed by atoms with van der Waals surface area (Å²) in [6, 6.07) is 16.9. The summed E-state index contributed by atoms with van der Waals surface area (Å²) in [6.45, 7) is 6.92. The van der Waals surface area contributed by atoms with E-state index in [-0.39, 0.29) is 0 Å². The monoisotopic (exact) mass is 288 g/mol. The third-order valence-electron chi connectivity index (χ3n) is 3.85. The molecular weight excluding hydrogens is 268 g/mol. The Balaban J connectivity index is 1.86. The number of hydrogen-bond donors (Lipinski definition) is 0. The van der Waals surface area contributed by atoms with E-state index in [9.17, 15) is 0 Å². The van der Waals surface area contributed by atoms with Crippen LogP contribution in [0.15, 0.2) is 79.9 Å². The third-order valence-corrected chi connectivity index (χ3v) is 3.85. The average molecular weight is 288 g/mol. The van der Waals surface area contributed by atoms with E-state index in [4.69, 9.17) is 0 Å². The van der Waals surface area contributed by atoms with Crippen molar-refractivity contribution in [2.45, 2.75) is 13.5 Å². The zero-order valence-corrected chi connectivity index (χ0v) is 12.8. The van der Waals surface area contributed by atoms with E-state index in [1.165, 1.54) is 11.1 Å². The average Bonchev–Trinajstić information content (AvgIpc) is 2.62. The molecule has 0 saturated carbocycles. The minimum atomic E-state index is 0.996. The summed E-state index contributed by atoms with van der Waals surface area (Å²) in [4.78, 5) is 0. The first kappa shape index (κ1) is 14.2. The van der Waals surface area contributed by atoms with Gasteiger partial charge >= 0.3 is 0 Å². The molecule has 0 radical (unpaired) electrons. The molecule has 2 aromatic heterocycles. The maximum absolute atomic E-state index is 3.78. The Hall–Kier alpha value is -2.74. The molecule has 0 aliphatic heterocycles. The van der Waals surface area contributed by atoms with E-state index < -0.39 is 0 Å². The van der Waals surface area contributed by atoms with Crippen LogP contribution in [-0.4, -0.2) is 0 Å². The normalized spacial score (nSPS) is 10.4. The predicted octanol–water partition coefficient (Wildman–Crippen LogP) is 3.58. The zero-order valence-electron chi connectivity index (χ0n) is 12.8. The standard InChI is InChI=1S/C20H20N2/c1-3-17-5-7-20(8-6-17)22-15-11-19(12-16-22)18-9-13-21(4-2)14-10-18/h3,5-16H,1,4H2,2H3/q+2. The smallest absolute Gasteiger partial charge is 0.205 e. The molecule has 0 aliphatic rings. The van der Waals surface area contributed by atoms with Crippen molar-refractivity contribution in [3.63, 3.8) is 0 Å². The molecule has 108 valence electrons. The second kappa shape index (κ2) is 6.35. The highest BCUT2D eigenvalue weighted by Crippen LogP contribution is 2.16. The van der Waals surface area contributed by atoms with Crippen LogP contribution in [0.4, 0.5) is 0 Å². The lowest BCUT2D eigenvalue weighted by Crippen LogP contribution is -2.30. The second-order valence-corrected chi connectivity index (χ2v) is 5.21. The summed E-state index contributed by atoms with van der Waals surface area (Å²) in [7, 11) is 0. The van der Waals surface area contributed by atoms with Gasteiger partial charge in [-0.3, -0.25) is 0 Å². The lowest BCUT2D eigenvalue weighted by Gasteiger charge is -2.01. The Morgan fingerprint density at radius 3 is 1.86 bits per heavy atom. The summed E-state index contributed by atoms with van der Waals surface area (Å²) in [5, 5.41) is 0. The molecule has 3 aromatic rings. The van der Waals surface area contributed by atoms with Crippen LogP contribution >= 0.6 is 0 Å². The van der Waals surface area contributed by atoms with Gasteiger partial charge in [-0.15, -0.1) is 0 Å². The van der Waals surface area contributed by atoms with Gasteiger partial charge in [-0.25, -0.2) is 4.57 Å². The van der Waals surface area contributed by atoms with Gasteiger partial charge in [0.1, 0.15) is 6.54 Å². The van der Waals surface area contributed by atoms with Gasteiger partial charge in [-0.2, -0.15) is 4.57 Å². The van der Waals surface area contributed by atoms with Crippen LogP contribution in [0.5, 0.6) is 0 Å². The molecule has 0 saturated heterocycles. The van der Waals surface area contributed by atoms with Crippen LogP contribution in [-0.2, 0) is 6.54 Å². The zero-order chi connectivity index (χ0) is 15.4. The third kappa shape index (κ3) is 2.96. The predicted molar refractivity (Wildman–Crippen MR) is 89.4 cm³/mol. The van der Waals surface area contributed by atoms with Gasteiger partial charge in [0, 0.05) is 36.4 Å². The molecule has 0 unspecified atom stereocenters. The van der Waals surface area contributed by atoms with Gasteiger partial charge in [0.05, 0.1) is 0 Å². The van der Waals surface area contributed by atoms with Crippen molar-refractivity contribution >= 4 is 6.08 Å². The maximum Gasteiger partial charge on any atom is 0.210 e. The van der Waals surface area contributed by atoms with E-state index in [2.05, 4.69) is 96.0 Å². The summed E-state index contributed by atoms with van der Waals surface area (Å²) >= 11 is 0. The first-order valence-corrected chi connectivity index (χ1v) is 7.54. The Morgan fingerprint density at radius 1 is 0.818 bits per heavy atom. The van der Waals surface area contributed by atoms with E-state index in [1.807, 2.05) is 6.08 Å². The van der Waals surface area contributed by atoms with Crippen LogP contribution in [0.2, 0.25) is 0 Å². The minimum Gasteiger partial charge on any atom is -0.205 e. The summed E-state index contributed by atoms with van der Waals surface area (Å²) in [5.74, 6) is 0. The lowest BCUT2D eigenvalue weighted by atomic mass is 10.1. The summed E-state index contributed by atoms with van der Waals surface area (Å²) in [6.07, 6.45) is 10.3. The van der Waals surface area contributed by atoms with Crippen molar-refractivity contribution in [2.24, 2.45) is 0 Å². The fourth-order valence-electron chi connectivity index (χ4n) is 2.43. The quantitative estimate of drug-likeness (QED) is 0.648.